The standard InChI is InChI=1S/C15H10BrClI2N2O3/c16-9-3-8(15(23)12(19)4-9)6-20-21-14(22)7-24-13-2-1-10(17)5-11(13)18/h1-6,23H,7H2,(H,21,22). The van der Waals surface area contributed by atoms with Crippen LogP contribution in [-0.4, -0.2) is 23.8 Å². The van der Waals surface area contributed by atoms with Gasteiger partial charge in [0, 0.05) is 15.1 Å². The maximum absolute atomic E-state index is 11.8. The molecule has 0 atom stereocenters. The molecule has 24 heavy (non-hydrogen) atoms. The molecule has 1 amide bonds. The van der Waals surface area contributed by atoms with E-state index in [1.807, 2.05) is 22.6 Å². The number of hydrogen-bond acceptors (Lipinski definition) is 4. The quantitative estimate of drug-likeness (QED) is 0.288. The molecule has 5 nitrogen and oxygen atoms in total. The van der Waals surface area contributed by atoms with Crippen molar-refractivity contribution >= 4 is 84.8 Å². The van der Waals surface area contributed by atoms with E-state index in [4.69, 9.17) is 16.3 Å². The first-order chi connectivity index (χ1) is 11.4. The van der Waals surface area contributed by atoms with Crippen LogP contribution in [0.4, 0.5) is 0 Å². The number of halogens is 4. The highest BCUT2D eigenvalue weighted by molar-refractivity contribution is 14.1. The van der Waals surface area contributed by atoms with Gasteiger partial charge >= 0.3 is 0 Å². The number of ether oxygens (including phenoxy) is 1. The molecule has 0 aliphatic carbocycles. The molecular weight excluding hydrogens is 625 g/mol. The number of carbonyl (C=O) groups excluding carboxylic acids is 1. The molecule has 0 saturated carbocycles. The third-order valence-corrected chi connectivity index (χ3v) is 5.06. The molecule has 0 bridgehead atoms. The monoisotopic (exact) mass is 634 g/mol. The van der Waals surface area contributed by atoms with E-state index in [9.17, 15) is 9.90 Å². The Hall–Kier alpha value is -0.590. The number of phenolic OH excluding ortho intramolecular Hbond substituents is 1. The summed E-state index contributed by atoms with van der Waals surface area (Å²) >= 11 is 13.3. The summed E-state index contributed by atoms with van der Waals surface area (Å²) in [5, 5.41) is 14.3. The SMILES string of the molecule is O=C(COc1ccc(Cl)cc1I)NN=Cc1cc(Br)cc(I)c1O. The normalized spacial score (nSPS) is 10.8. The van der Waals surface area contributed by atoms with Crippen molar-refractivity contribution in [2.45, 2.75) is 0 Å². The average Bonchev–Trinajstić information content (AvgIpc) is 2.51. The Morgan fingerprint density at radius 3 is 2.79 bits per heavy atom. The molecule has 126 valence electrons. The van der Waals surface area contributed by atoms with E-state index < -0.39 is 5.91 Å². The van der Waals surface area contributed by atoms with Gasteiger partial charge in [-0.15, -0.1) is 0 Å². The molecule has 2 aromatic rings. The van der Waals surface area contributed by atoms with Crippen molar-refractivity contribution < 1.29 is 14.6 Å². The number of benzene rings is 2. The summed E-state index contributed by atoms with van der Waals surface area (Å²) in [6.07, 6.45) is 1.37. The number of nitrogens with one attached hydrogen (secondary N) is 1. The highest BCUT2D eigenvalue weighted by Gasteiger charge is 2.07. The van der Waals surface area contributed by atoms with Crippen LogP contribution in [0.15, 0.2) is 39.9 Å². The maximum Gasteiger partial charge on any atom is 0.277 e. The van der Waals surface area contributed by atoms with E-state index in [2.05, 4.69) is 49.0 Å². The highest BCUT2D eigenvalue weighted by Crippen LogP contribution is 2.27. The largest absolute Gasteiger partial charge is 0.506 e. The number of aromatic hydroxyl groups is 1. The molecular formula is C15H10BrClI2N2O3. The van der Waals surface area contributed by atoms with Crippen molar-refractivity contribution in [2.75, 3.05) is 6.61 Å². The van der Waals surface area contributed by atoms with Gasteiger partial charge in [0.15, 0.2) is 6.61 Å². The Kier molecular flexibility index (Phi) is 7.57. The number of amides is 1. The van der Waals surface area contributed by atoms with Gasteiger partial charge < -0.3 is 9.84 Å². The third kappa shape index (κ3) is 5.74. The summed E-state index contributed by atoms with van der Waals surface area (Å²) in [5.74, 6) is 0.253. The zero-order valence-electron chi connectivity index (χ0n) is 11.9. The minimum absolute atomic E-state index is 0.101. The summed E-state index contributed by atoms with van der Waals surface area (Å²) in [7, 11) is 0. The first-order valence-corrected chi connectivity index (χ1v) is 9.77. The first-order valence-electron chi connectivity index (χ1n) is 6.44. The van der Waals surface area contributed by atoms with Crippen LogP contribution in [0.1, 0.15) is 5.56 Å². The lowest BCUT2D eigenvalue weighted by Gasteiger charge is -2.07. The van der Waals surface area contributed by atoms with E-state index in [1.54, 1.807) is 30.3 Å². The van der Waals surface area contributed by atoms with E-state index >= 15 is 0 Å². The molecule has 0 fully saturated rings. The summed E-state index contributed by atoms with van der Waals surface area (Å²) in [5.41, 5.74) is 2.83. The highest BCUT2D eigenvalue weighted by atomic mass is 127. The Balaban J connectivity index is 1.91. The molecule has 0 heterocycles. The Labute approximate surface area is 179 Å². The van der Waals surface area contributed by atoms with Crippen LogP contribution in [0.25, 0.3) is 0 Å². The number of phenols is 1. The molecule has 0 saturated heterocycles. The summed E-state index contributed by atoms with van der Waals surface area (Å²) < 4.78 is 7.70. The van der Waals surface area contributed by atoms with Gasteiger partial charge in [-0.25, -0.2) is 5.43 Å². The number of nitrogens with zero attached hydrogens (tertiary/aromatic N) is 1. The molecule has 2 rings (SSSR count). The van der Waals surface area contributed by atoms with Crippen molar-refractivity contribution in [1.82, 2.24) is 5.43 Å². The second-order valence-electron chi connectivity index (χ2n) is 4.48. The van der Waals surface area contributed by atoms with E-state index in [-0.39, 0.29) is 12.4 Å². The molecule has 0 aromatic heterocycles. The van der Waals surface area contributed by atoms with Gasteiger partial charge in [-0.1, -0.05) is 27.5 Å². The van der Waals surface area contributed by atoms with Gasteiger partial charge in [-0.05, 0) is 75.5 Å². The zero-order valence-corrected chi connectivity index (χ0v) is 18.6. The lowest BCUT2D eigenvalue weighted by atomic mass is 10.2. The molecule has 0 aliphatic heterocycles. The van der Waals surface area contributed by atoms with Gasteiger partial charge in [-0.3, -0.25) is 4.79 Å². The van der Waals surface area contributed by atoms with Gasteiger partial charge in [-0.2, -0.15) is 5.10 Å². The van der Waals surface area contributed by atoms with Crippen molar-refractivity contribution in [3.63, 3.8) is 0 Å². The van der Waals surface area contributed by atoms with E-state index in [0.29, 0.717) is 19.9 Å². The van der Waals surface area contributed by atoms with Crippen molar-refractivity contribution in [2.24, 2.45) is 5.10 Å². The summed E-state index contributed by atoms with van der Waals surface area (Å²) in [4.78, 5) is 11.8. The molecule has 9 heteroatoms. The summed E-state index contributed by atoms with van der Waals surface area (Å²) in [6, 6.07) is 8.59. The van der Waals surface area contributed by atoms with Crippen LogP contribution in [-0.2, 0) is 4.79 Å². The average molecular weight is 635 g/mol. The topological polar surface area (TPSA) is 70.9 Å². The Bertz CT molecular complexity index is 803. The second kappa shape index (κ2) is 9.20. The number of hydrazone groups is 1. The van der Waals surface area contributed by atoms with E-state index in [1.165, 1.54) is 6.21 Å². The van der Waals surface area contributed by atoms with Crippen LogP contribution in [0.3, 0.4) is 0 Å². The van der Waals surface area contributed by atoms with Gasteiger partial charge in [0.25, 0.3) is 5.91 Å². The minimum Gasteiger partial charge on any atom is -0.506 e. The number of hydrogen-bond donors (Lipinski definition) is 2. The fourth-order valence-electron chi connectivity index (χ4n) is 1.63. The number of carbonyl (C=O) groups is 1. The molecule has 2 aromatic carbocycles. The minimum atomic E-state index is -0.416. The van der Waals surface area contributed by atoms with Crippen LogP contribution in [0.5, 0.6) is 11.5 Å². The third-order valence-electron chi connectivity index (χ3n) is 2.70. The number of rotatable bonds is 5. The van der Waals surface area contributed by atoms with Crippen LogP contribution >= 0.6 is 72.7 Å². The Morgan fingerprint density at radius 1 is 1.33 bits per heavy atom. The molecule has 0 aliphatic rings. The Morgan fingerprint density at radius 2 is 2.08 bits per heavy atom. The second-order valence-corrected chi connectivity index (χ2v) is 8.16. The van der Waals surface area contributed by atoms with Gasteiger partial charge in [0.05, 0.1) is 13.4 Å². The maximum atomic E-state index is 11.8. The van der Waals surface area contributed by atoms with Crippen LogP contribution in [0, 0.1) is 7.14 Å². The lowest BCUT2D eigenvalue weighted by molar-refractivity contribution is -0.123. The van der Waals surface area contributed by atoms with Crippen LogP contribution < -0.4 is 10.2 Å². The molecule has 2 N–H and O–H groups in total. The predicted octanol–water partition coefficient (Wildman–Crippen LogP) is 4.55. The van der Waals surface area contributed by atoms with Crippen LogP contribution in [0.2, 0.25) is 5.02 Å². The summed E-state index contributed by atoms with van der Waals surface area (Å²) in [6.45, 7) is -0.184. The smallest absolute Gasteiger partial charge is 0.277 e. The fourth-order valence-corrected chi connectivity index (χ4v) is 4.20. The van der Waals surface area contributed by atoms with Gasteiger partial charge in [0.1, 0.15) is 11.5 Å². The molecule has 0 unspecified atom stereocenters. The zero-order chi connectivity index (χ0) is 17.7. The fraction of sp³-hybridized carbons (Fsp3) is 0.0667. The van der Waals surface area contributed by atoms with E-state index in [0.717, 1.165) is 8.04 Å². The lowest BCUT2D eigenvalue weighted by Crippen LogP contribution is -2.24. The van der Waals surface area contributed by atoms with Crippen molar-refractivity contribution in [3.05, 3.63) is 52.5 Å². The molecule has 0 radical (unpaired) electrons. The van der Waals surface area contributed by atoms with Crippen molar-refractivity contribution in [1.29, 1.82) is 0 Å². The molecule has 0 spiro atoms. The van der Waals surface area contributed by atoms with Gasteiger partial charge in [0.2, 0.25) is 0 Å². The van der Waals surface area contributed by atoms with Crippen molar-refractivity contribution in [3.8, 4) is 11.5 Å². The predicted molar refractivity (Wildman–Crippen MR) is 114 cm³/mol. The first kappa shape index (κ1) is 19.7.